The van der Waals surface area contributed by atoms with Crippen LogP contribution in [0, 0.1) is 5.41 Å². The van der Waals surface area contributed by atoms with Crippen LogP contribution in [0.5, 0.6) is 0 Å². The van der Waals surface area contributed by atoms with Crippen LogP contribution in [0.15, 0.2) is 28.8 Å². The van der Waals surface area contributed by atoms with E-state index in [1.807, 2.05) is 24.3 Å². The summed E-state index contributed by atoms with van der Waals surface area (Å²) in [6, 6.07) is 7.67. The molecule has 1 aromatic heterocycles. The summed E-state index contributed by atoms with van der Waals surface area (Å²) in [6.45, 7) is 4.59. The van der Waals surface area contributed by atoms with Gasteiger partial charge in [0.2, 0.25) is 5.88 Å². The van der Waals surface area contributed by atoms with Crippen LogP contribution >= 0.6 is 11.6 Å². The Morgan fingerprint density at radius 2 is 2.00 bits per heavy atom. The fourth-order valence-electron chi connectivity index (χ4n) is 3.29. The van der Waals surface area contributed by atoms with Gasteiger partial charge in [-0.15, -0.1) is 0 Å². The molecule has 1 atom stereocenters. The molecule has 0 aliphatic heterocycles. The molecule has 3 nitrogen and oxygen atoms in total. The molecule has 2 aromatic rings. The number of hydrogen-bond acceptors (Lipinski definition) is 3. The van der Waals surface area contributed by atoms with Gasteiger partial charge in [0.05, 0.1) is 11.3 Å². The van der Waals surface area contributed by atoms with Gasteiger partial charge >= 0.3 is 0 Å². The number of nitrogen functional groups attached to an aromatic ring is 1. The lowest BCUT2D eigenvalue weighted by atomic mass is 9.78. The number of anilines is 1. The Morgan fingerprint density at radius 3 is 2.60 bits per heavy atom. The van der Waals surface area contributed by atoms with Gasteiger partial charge in [-0.2, -0.15) is 0 Å². The fourth-order valence-corrected chi connectivity index (χ4v) is 3.42. The topological polar surface area (TPSA) is 52.0 Å². The van der Waals surface area contributed by atoms with E-state index in [1.165, 1.54) is 12.8 Å². The first-order valence-corrected chi connectivity index (χ1v) is 7.38. The lowest BCUT2D eigenvalue weighted by Gasteiger charge is -2.25. The Kier molecular flexibility index (Phi) is 3.25. The molecule has 1 heterocycles. The highest BCUT2D eigenvalue weighted by atomic mass is 35.5. The predicted octanol–water partition coefficient (Wildman–Crippen LogP) is 4.87. The van der Waals surface area contributed by atoms with E-state index in [2.05, 4.69) is 19.0 Å². The molecule has 1 unspecified atom stereocenters. The van der Waals surface area contributed by atoms with E-state index in [0.29, 0.717) is 16.8 Å². The third-order valence-electron chi connectivity index (χ3n) is 4.47. The van der Waals surface area contributed by atoms with Crippen molar-refractivity contribution in [2.75, 3.05) is 5.73 Å². The minimum Gasteiger partial charge on any atom is -0.367 e. The lowest BCUT2D eigenvalue weighted by molar-refractivity contribution is 0.314. The van der Waals surface area contributed by atoms with Gasteiger partial charge in [0, 0.05) is 10.9 Å². The molecule has 0 bridgehead atoms. The molecule has 0 spiro atoms. The molecule has 1 saturated carbocycles. The number of aromatic nitrogens is 1. The molecule has 1 fully saturated rings. The number of halogens is 1. The molecule has 106 valence electrons. The Morgan fingerprint density at radius 1 is 1.30 bits per heavy atom. The summed E-state index contributed by atoms with van der Waals surface area (Å²) in [5.41, 5.74) is 9.19. The predicted molar refractivity (Wildman–Crippen MR) is 81.7 cm³/mol. The van der Waals surface area contributed by atoms with Crippen molar-refractivity contribution in [2.24, 2.45) is 5.41 Å². The highest BCUT2D eigenvalue weighted by molar-refractivity contribution is 6.30. The Labute approximate surface area is 124 Å². The monoisotopic (exact) mass is 290 g/mol. The van der Waals surface area contributed by atoms with Crippen LogP contribution in [0.4, 0.5) is 5.88 Å². The van der Waals surface area contributed by atoms with Crippen molar-refractivity contribution in [3.63, 3.8) is 0 Å². The standard InChI is InChI=1S/C16H19ClN2O/c1-16(2)9-3-4-12(16)14-13(15(18)20-19-14)10-5-7-11(17)8-6-10/h5-8,12H,3-4,9,18H2,1-2H3. The van der Waals surface area contributed by atoms with Crippen molar-refractivity contribution in [3.8, 4) is 11.1 Å². The summed E-state index contributed by atoms with van der Waals surface area (Å²) < 4.78 is 5.28. The highest BCUT2D eigenvalue weighted by Crippen LogP contribution is 2.51. The van der Waals surface area contributed by atoms with Crippen molar-refractivity contribution >= 4 is 17.5 Å². The number of rotatable bonds is 2. The molecule has 4 heteroatoms. The SMILES string of the molecule is CC1(C)CCCC1c1noc(N)c1-c1ccc(Cl)cc1. The third kappa shape index (κ3) is 2.20. The van der Waals surface area contributed by atoms with E-state index in [4.69, 9.17) is 21.9 Å². The summed E-state index contributed by atoms with van der Waals surface area (Å²) in [4.78, 5) is 0. The van der Waals surface area contributed by atoms with Crippen LogP contribution in [0.1, 0.15) is 44.7 Å². The summed E-state index contributed by atoms with van der Waals surface area (Å²) in [5.74, 6) is 0.791. The fraction of sp³-hybridized carbons (Fsp3) is 0.438. The van der Waals surface area contributed by atoms with E-state index in [9.17, 15) is 0 Å². The van der Waals surface area contributed by atoms with Crippen LogP contribution in [0.3, 0.4) is 0 Å². The van der Waals surface area contributed by atoms with Crippen molar-refractivity contribution < 1.29 is 4.52 Å². The summed E-state index contributed by atoms with van der Waals surface area (Å²) >= 11 is 5.95. The zero-order valence-electron chi connectivity index (χ0n) is 11.8. The Balaban J connectivity index is 2.08. The smallest absolute Gasteiger partial charge is 0.230 e. The molecule has 0 saturated heterocycles. The van der Waals surface area contributed by atoms with Crippen molar-refractivity contribution in [2.45, 2.75) is 39.0 Å². The molecule has 2 N–H and O–H groups in total. The Hall–Kier alpha value is -1.48. The third-order valence-corrected chi connectivity index (χ3v) is 4.72. The molecule has 1 aliphatic rings. The van der Waals surface area contributed by atoms with Crippen molar-refractivity contribution in [3.05, 3.63) is 35.0 Å². The minimum absolute atomic E-state index is 0.241. The van der Waals surface area contributed by atoms with Gasteiger partial charge in [0.1, 0.15) is 0 Å². The van der Waals surface area contributed by atoms with E-state index < -0.39 is 0 Å². The van der Waals surface area contributed by atoms with Gasteiger partial charge in [-0.1, -0.05) is 49.2 Å². The van der Waals surface area contributed by atoms with Crippen LogP contribution in [0.25, 0.3) is 11.1 Å². The second-order valence-corrected chi connectivity index (χ2v) is 6.68. The van der Waals surface area contributed by atoms with Crippen molar-refractivity contribution in [1.29, 1.82) is 0 Å². The van der Waals surface area contributed by atoms with E-state index in [-0.39, 0.29) is 5.41 Å². The molecule has 20 heavy (non-hydrogen) atoms. The zero-order chi connectivity index (χ0) is 14.3. The van der Waals surface area contributed by atoms with Crippen LogP contribution in [0.2, 0.25) is 5.02 Å². The molecule has 0 radical (unpaired) electrons. The van der Waals surface area contributed by atoms with Gasteiger partial charge in [-0.3, -0.25) is 0 Å². The van der Waals surface area contributed by atoms with Gasteiger partial charge in [-0.25, -0.2) is 0 Å². The number of nitrogens with two attached hydrogens (primary N) is 1. The normalized spacial score (nSPS) is 21.2. The largest absolute Gasteiger partial charge is 0.367 e. The average molecular weight is 291 g/mol. The maximum absolute atomic E-state index is 6.01. The molecular formula is C16H19ClN2O. The van der Waals surface area contributed by atoms with Crippen LogP contribution in [-0.4, -0.2) is 5.16 Å². The molecule has 1 aliphatic carbocycles. The van der Waals surface area contributed by atoms with Gasteiger partial charge in [0.25, 0.3) is 0 Å². The summed E-state index contributed by atoms with van der Waals surface area (Å²) in [5, 5.41) is 4.97. The summed E-state index contributed by atoms with van der Waals surface area (Å²) in [6.07, 6.45) is 3.58. The minimum atomic E-state index is 0.241. The average Bonchev–Trinajstić information content (AvgIpc) is 2.93. The van der Waals surface area contributed by atoms with Gasteiger partial charge in [0.15, 0.2) is 0 Å². The Bertz CT molecular complexity index is 616. The molecule has 3 rings (SSSR count). The van der Waals surface area contributed by atoms with E-state index >= 15 is 0 Å². The first kappa shape index (κ1) is 13.5. The first-order chi connectivity index (χ1) is 9.49. The van der Waals surface area contributed by atoms with Crippen LogP contribution < -0.4 is 5.73 Å². The number of benzene rings is 1. The maximum Gasteiger partial charge on any atom is 0.230 e. The van der Waals surface area contributed by atoms with E-state index in [0.717, 1.165) is 23.2 Å². The number of hydrogen-bond donors (Lipinski definition) is 1. The van der Waals surface area contributed by atoms with E-state index in [1.54, 1.807) is 0 Å². The lowest BCUT2D eigenvalue weighted by Crippen LogP contribution is -2.16. The van der Waals surface area contributed by atoms with Gasteiger partial charge in [-0.05, 0) is 36.0 Å². The van der Waals surface area contributed by atoms with Crippen molar-refractivity contribution in [1.82, 2.24) is 5.16 Å². The number of nitrogens with zero attached hydrogens (tertiary/aromatic N) is 1. The second kappa shape index (κ2) is 4.81. The molecular weight excluding hydrogens is 272 g/mol. The zero-order valence-corrected chi connectivity index (χ0v) is 12.6. The summed E-state index contributed by atoms with van der Waals surface area (Å²) in [7, 11) is 0. The maximum atomic E-state index is 6.01. The molecule has 0 amide bonds. The quantitative estimate of drug-likeness (QED) is 0.858. The highest BCUT2D eigenvalue weighted by Gasteiger charge is 2.39. The molecule has 1 aromatic carbocycles. The second-order valence-electron chi connectivity index (χ2n) is 6.25. The first-order valence-electron chi connectivity index (χ1n) is 7.00. The van der Waals surface area contributed by atoms with Crippen LogP contribution in [-0.2, 0) is 0 Å². The van der Waals surface area contributed by atoms with Gasteiger partial charge < -0.3 is 10.3 Å².